The molecule has 5 rings (SSSR count). The van der Waals surface area contributed by atoms with Crippen LogP contribution in [-0.2, 0) is 9.59 Å². The van der Waals surface area contributed by atoms with Gasteiger partial charge in [0, 0.05) is 23.7 Å². The molecule has 138 valence electrons. The third kappa shape index (κ3) is 3.39. The summed E-state index contributed by atoms with van der Waals surface area (Å²) < 4.78 is 0. The summed E-state index contributed by atoms with van der Waals surface area (Å²) in [5, 5.41) is 10.1. The van der Waals surface area contributed by atoms with Crippen molar-refractivity contribution in [3.63, 3.8) is 0 Å². The number of hydrogen-bond acceptors (Lipinski definition) is 2. The minimum atomic E-state index is -1.04. The maximum atomic E-state index is 12.8. The van der Waals surface area contributed by atoms with Crippen LogP contribution in [0.1, 0.15) is 37.7 Å². The third-order valence-electron chi connectivity index (χ3n) is 6.62. The number of carboxylic acid groups (broad SMARTS) is 1. The summed E-state index contributed by atoms with van der Waals surface area (Å²) in [6, 6.07) is 6.96. The fraction of sp³-hybridized carbons (Fsp3) is 0.524. The topological polar surface area (TPSA) is 57.6 Å². The van der Waals surface area contributed by atoms with Crippen LogP contribution in [0, 0.1) is 23.7 Å². The molecule has 1 N–H and O–H groups in total. The molecule has 1 aromatic rings. The monoisotopic (exact) mass is 373 g/mol. The predicted molar refractivity (Wildman–Crippen MR) is 101 cm³/mol. The Kier molecular flexibility index (Phi) is 4.78. The van der Waals surface area contributed by atoms with Gasteiger partial charge >= 0.3 is 5.97 Å². The van der Waals surface area contributed by atoms with E-state index in [-0.39, 0.29) is 17.9 Å². The zero-order valence-electron chi connectivity index (χ0n) is 14.7. The van der Waals surface area contributed by atoms with Gasteiger partial charge in [-0.05, 0) is 73.1 Å². The van der Waals surface area contributed by atoms with Gasteiger partial charge in [0.25, 0.3) is 0 Å². The first-order valence-electron chi connectivity index (χ1n) is 9.48. The number of hydrogen-bond donors (Lipinski definition) is 1. The first kappa shape index (κ1) is 17.6. The highest BCUT2D eigenvalue weighted by molar-refractivity contribution is 6.30. The SMILES string of the molecule is O=C(O)/C(=C/c1ccc(Cl)cc1)CC(=O)N1CC2C3CCC(CC3)C2C1. The maximum Gasteiger partial charge on any atom is 0.332 e. The van der Waals surface area contributed by atoms with Crippen LogP contribution < -0.4 is 0 Å². The number of amides is 1. The highest BCUT2D eigenvalue weighted by Gasteiger charge is 2.48. The van der Waals surface area contributed by atoms with Crippen molar-refractivity contribution in [2.45, 2.75) is 32.1 Å². The van der Waals surface area contributed by atoms with E-state index < -0.39 is 5.97 Å². The quantitative estimate of drug-likeness (QED) is 0.808. The van der Waals surface area contributed by atoms with Crippen LogP contribution in [-0.4, -0.2) is 35.0 Å². The molecule has 5 heteroatoms. The number of carbonyl (C=O) groups is 2. The van der Waals surface area contributed by atoms with E-state index in [1.165, 1.54) is 25.7 Å². The van der Waals surface area contributed by atoms with Crippen molar-refractivity contribution in [2.24, 2.45) is 23.7 Å². The van der Waals surface area contributed by atoms with Crippen LogP contribution in [0.2, 0.25) is 5.02 Å². The molecule has 3 aliphatic carbocycles. The van der Waals surface area contributed by atoms with Gasteiger partial charge in [0.05, 0.1) is 6.42 Å². The zero-order chi connectivity index (χ0) is 18.3. The summed E-state index contributed by atoms with van der Waals surface area (Å²) >= 11 is 5.87. The van der Waals surface area contributed by atoms with Gasteiger partial charge in [-0.3, -0.25) is 4.79 Å². The fourth-order valence-electron chi connectivity index (χ4n) is 5.28. The van der Waals surface area contributed by atoms with Crippen LogP contribution >= 0.6 is 11.6 Å². The molecule has 3 saturated carbocycles. The minimum Gasteiger partial charge on any atom is -0.478 e. The lowest BCUT2D eigenvalue weighted by Crippen LogP contribution is -2.38. The average molecular weight is 374 g/mol. The summed E-state index contributed by atoms with van der Waals surface area (Å²) in [6.07, 6.45) is 6.76. The Balaban J connectivity index is 1.46. The molecule has 4 nitrogen and oxygen atoms in total. The fourth-order valence-corrected chi connectivity index (χ4v) is 5.41. The van der Waals surface area contributed by atoms with E-state index in [1.54, 1.807) is 30.3 Å². The Morgan fingerprint density at radius 2 is 1.58 bits per heavy atom. The zero-order valence-corrected chi connectivity index (χ0v) is 15.5. The van der Waals surface area contributed by atoms with E-state index in [2.05, 4.69) is 0 Å². The van der Waals surface area contributed by atoms with Gasteiger partial charge in [0.15, 0.2) is 0 Å². The first-order chi connectivity index (χ1) is 12.5. The van der Waals surface area contributed by atoms with Crippen molar-refractivity contribution in [3.05, 3.63) is 40.4 Å². The highest BCUT2D eigenvalue weighted by Crippen LogP contribution is 2.51. The average Bonchev–Trinajstić information content (AvgIpc) is 3.11. The predicted octanol–water partition coefficient (Wildman–Crippen LogP) is 4.09. The van der Waals surface area contributed by atoms with E-state index in [9.17, 15) is 14.7 Å². The van der Waals surface area contributed by atoms with Gasteiger partial charge in [-0.1, -0.05) is 23.7 Å². The van der Waals surface area contributed by atoms with Gasteiger partial charge in [-0.2, -0.15) is 0 Å². The number of rotatable bonds is 4. The van der Waals surface area contributed by atoms with Crippen LogP contribution in [0.3, 0.4) is 0 Å². The number of aliphatic carboxylic acids is 1. The maximum absolute atomic E-state index is 12.8. The Hall–Kier alpha value is -1.81. The Morgan fingerprint density at radius 1 is 1.04 bits per heavy atom. The number of likely N-dealkylation sites (tertiary alicyclic amines) is 1. The molecule has 1 amide bonds. The number of halogens is 1. The standard InChI is InChI=1S/C21H24ClNO3/c22-17-7-1-13(2-8-17)9-16(21(25)26)10-20(24)23-11-18-14-3-4-15(6-5-14)19(18)12-23/h1-2,7-9,14-15,18-19H,3-6,10-12H2,(H,25,26)/b16-9+. The summed E-state index contributed by atoms with van der Waals surface area (Å²) in [5.41, 5.74) is 0.878. The summed E-state index contributed by atoms with van der Waals surface area (Å²) in [6.45, 7) is 1.64. The van der Waals surface area contributed by atoms with Crippen molar-refractivity contribution >= 4 is 29.6 Å². The van der Waals surface area contributed by atoms with Gasteiger partial charge in [0.2, 0.25) is 5.91 Å². The van der Waals surface area contributed by atoms with Crippen molar-refractivity contribution in [1.82, 2.24) is 4.90 Å². The molecule has 4 aliphatic rings. The van der Waals surface area contributed by atoms with Gasteiger partial charge < -0.3 is 10.0 Å². The normalized spacial score (nSPS) is 30.3. The van der Waals surface area contributed by atoms with E-state index in [4.69, 9.17) is 11.6 Å². The molecule has 1 aliphatic heterocycles. The van der Waals surface area contributed by atoms with E-state index in [0.29, 0.717) is 16.9 Å². The van der Waals surface area contributed by atoms with E-state index >= 15 is 0 Å². The summed E-state index contributed by atoms with van der Waals surface area (Å²) in [7, 11) is 0. The second kappa shape index (κ2) is 7.07. The summed E-state index contributed by atoms with van der Waals surface area (Å²) in [5.74, 6) is 1.73. The number of nitrogens with zero attached hydrogens (tertiary/aromatic N) is 1. The Bertz CT molecular complexity index is 714. The molecule has 26 heavy (non-hydrogen) atoms. The Labute approximate surface area is 158 Å². The second-order valence-corrected chi connectivity index (χ2v) is 8.44. The van der Waals surface area contributed by atoms with Crippen molar-refractivity contribution in [1.29, 1.82) is 0 Å². The van der Waals surface area contributed by atoms with Gasteiger partial charge in [-0.15, -0.1) is 0 Å². The molecular weight excluding hydrogens is 350 g/mol. The Morgan fingerprint density at radius 3 is 2.08 bits per heavy atom. The van der Waals surface area contributed by atoms with E-state index in [1.807, 2.05) is 4.90 Å². The summed E-state index contributed by atoms with van der Waals surface area (Å²) in [4.78, 5) is 26.3. The first-order valence-corrected chi connectivity index (χ1v) is 9.86. The lowest BCUT2D eigenvalue weighted by atomic mass is 9.60. The second-order valence-electron chi connectivity index (χ2n) is 8.00. The van der Waals surface area contributed by atoms with Gasteiger partial charge in [-0.25, -0.2) is 4.79 Å². The molecule has 2 bridgehead atoms. The van der Waals surface area contributed by atoms with Crippen molar-refractivity contribution < 1.29 is 14.7 Å². The highest BCUT2D eigenvalue weighted by atomic mass is 35.5. The number of carbonyl (C=O) groups excluding carboxylic acids is 1. The largest absolute Gasteiger partial charge is 0.478 e. The van der Waals surface area contributed by atoms with Crippen LogP contribution in [0.4, 0.5) is 0 Å². The molecular formula is C21H24ClNO3. The molecule has 2 atom stereocenters. The smallest absolute Gasteiger partial charge is 0.332 e. The molecule has 1 saturated heterocycles. The third-order valence-corrected chi connectivity index (χ3v) is 6.87. The molecule has 0 spiro atoms. The molecule has 4 fully saturated rings. The molecule has 0 radical (unpaired) electrons. The van der Waals surface area contributed by atoms with Gasteiger partial charge in [0.1, 0.15) is 0 Å². The molecule has 1 heterocycles. The number of benzene rings is 1. The van der Waals surface area contributed by atoms with Crippen LogP contribution in [0.25, 0.3) is 6.08 Å². The molecule has 1 aromatic carbocycles. The molecule has 2 unspecified atom stereocenters. The number of fused-ring (bicyclic) bond motifs is 2. The lowest BCUT2D eigenvalue weighted by molar-refractivity contribution is -0.136. The van der Waals surface area contributed by atoms with E-state index in [0.717, 1.165) is 30.5 Å². The lowest BCUT2D eigenvalue weighted by Gasteiger charge is -2.44. The van der Waals surface area contributed by atoms with Crippen LogP contribution in [0.15, 0.2) is 29.8 Å². The van der Waals surface area contributed by atoms with Crippen molar-refractivity contribution in [3.8, 4) is 0 Å². The number of carboxylic acids is 1. The molecule has 0 aromatic heterocycles. The van der Waals surface area contributed by atoms with Crippen molar-refractivity contribution in [2.75, 3.05) is 13.1 Å². The van der Waals surface area contributed by atoms with Crippen LogP contribution in [0.5, 0.6) is 0 Å². The minimum absolute atomic E-state index is 0.0489.